The van der Waals surface area contributed by atoms with Gasteiger partial charge in [0, 0.05) is 56.1 Å². The molecule has 2 fully saturated rings. The largest absolute Gasteiger partial charge is 0.491 e. The first-order chi connectivity index (χ1) is 19.2. The zero-order chi connectivity index (χ0) is 26.2. The lowest BCUT2D eigenvalue weighted by Crippen LogP contribution is -2.44. The summed E-state index contributed by atoms with van der Waals surface area (Å²) < 4.78 is 6.03. The van der Waals surface area contributed by atoms with E-state index in [1.54, 1.807) is 6.20 Å². The predicted octanol–water partition coefficient (Wildman–Crippen LogP) is 3.79. The molecule has 0 aromatic carbocycles. The molecule has 200 valence electrons. The number of aromatic nitrogens is 6. The molecule has 2 aliphatic rings. The molecule has 10 heteroatoms. The Labute approximate surface area is 227 Å². The second-order valence-corrected chi connectivity index (χ2v) is 10.5. The van der Waals surface area contributed by atoms with Crippen LogP contribution in [0.5, 0.6) is 5.75 Å². The number of ether oxygens (including phenoxy) is 1. The number of piperazine rings is 1. The second-order valence-electron chi connectivity index (χ2n) is 10.5. The van der Waals surface area contributed by atoms with E-state index in [0.717, 1.165) is 88.9 Å². The van der Waals surface area contributed by atoms with E-state index in [-0.39, 0.29) is 0 Å². The molecule has 5 aromatic heterocycles. The van der Waals surface area contributed by atoms with E-state index in [9.17, 15) is 0 Å². The summed E-state index contributed by atoms with van der Waals surface area (Å²) in [4.78, 5) is 24.9. The highest BCUT2D eigenvalue weighted by Crippen LogP contribution is 2.33. The van der Waals surface area contributed by atoms with Crippen molar-refractivity contribution < 1.29 is 4.74 Å². The van der Waals surface area contributed by atoms with E-state index >= 15 is 0 Å². The van der Waals surface area contributed by atoms with Crippen molar-refractivity contribution in [3.63, 3.8) is 0 Å². The van der Waals surface area contributed by atoms with Crippen LogP contribution in [0.4, 0.5) is 5.82 Å². The summed E-state index contributed by atoms with van der Waals surface area (Å²) in [6.45, 7) is 7.95. The molecule has 0 saturated carbocycles. The van der Waals surface area contributed by atoms with E-state index in [1.807, 2.05) is 36.7 Å². The zero-order valence-corrected chi connectivity index (χ0v) is 22.2. The van der Waals surface area contributed by atoms with Gasteiger partial charge in [-0.2, -0.15) is 5.10 Å². The zero-order valence-electron chi connectivity index (χ0n) is 22.2. The van der Waals surface area contributed by atoms with Crippen LogP contribution in [0.1, 0.15) is 12.8 Å². The number of nitrogens with zero attached hydrogens (tertiary/aromatic N) is 7. The van der Waals surface area contributed by atoms with Gasteiger partial charge in [0.25, 0.3) is 0 Å². The monoisotopic (exact) mass is 523 g/mol. The number of hydrogen-bond donors (Lipinski definition) is 2. The van der Waals surface area contributed by atoms with Gasteiger partial charge in [0.15, 0.2) is 0 Å². The number of hydrogen-bond acceptors (Lipinski definition) is 8. The van der Waals surface area contributed by atoms with Crippen molar-refractivity contribution in [1.29, 1.82) is 0 Å². The fourth-order valence-electron chi connectivity index (χ4n) is 5.62. The van der Waals surface area contributed by atoms with E-state index in [2.05, 4.69) is 48.0 Å². The highest BCUT2D eigenvalue weighted by molar-refractivity contribution is 5.98. The summed E-state index contributed by atoms with van der Waals surface area (Å²) in [7, 11) is 2.17. The summed E-state index contributed by atoms with van der Waals surface area (Å²) in [6.07, 6.45) is 8.05. The molecule has 10 nitrogen and oxygen atoms in total. The Kier molecular flexibility index (Phi) is 6.34. The van der Waals surface area contributed by atoms with Crippen LogP contribution in [0.3, 0.4) is 0 Å². The fourth-order valence-corrected chi connectivity index (χ4v) is 5.62. The molecule has 7 heterocycles. The number of fused-ring (bicyclic) bond motifs is 2. The molecule has 0 amide bonds. The molecule has 0 spiro atoms. The topological polar surface area (TPSA) is 102 Å². The van der Waals surface area contributed by atoms with Crippen LogP contribution in [0, 0.1) is 0 Å². The first kappa shape index (κ1) is 24.1. The van der Waals surface area contributed by atoms with Crippen molar-refractivity contribution >= 4 is 27.8 Å². The van der Waals surface area contributed by atoms with Crippen molar-refractivity contribution in [1.82, 2.24) is 39.9 Å². The molecule has 2 saturated heterocycles. The Bertz CT molecular complexity index is 1600. The van der Waals surface area contributed by atoms with Crippen LogP contribution >= 0.6 is 0 Å². The van der Waals surface area contributed by atoms with Crippen molar-refractivity contribution in [2.24, 2.45) is 0 Å². The molecule has 39 heavy (non-hydrogen) atoms. The maximum Gasteiger partial charge on any atom is 0.138 e. The van der Waals surface area contributed by atoms with Gasteiger partial charge in [0.05, 0.1) is 28.6 Å². The first-order valence-corrected chi connectivity index (χ1v) is 13.8. The van der Waals surface area contributed by atoms with Gasteiger partial charge in [-0.05, 0) is 63.3 Å². The maximum atomic E-state index is 6.03. The summed E-state index contributed by atoms with van der Waals surface area (Å²) >= 11 is 0. The molecule has 0 radical (unpaired) electrons. The second kappa shape index (κ2) is 10.3. The molecular formula is C29H33N9O. The van der Waals surface area contributed by atoms with Gasteiger partial charge >= 0.3 is 0 Å². The first-order valence-electron chi connectivity index (χ1n) is 13.8. The third kappa shape index (κ3) is 4.81. The normalized spacial score (nSPS) is 17.0. The summed E-state index contributed by atoms with van der Waals surface area (Å²) in [6, 6.07) is 10.2. The highest BCUT2D eigenvalue weighted by Gasteiger charge is 2.20. The smallest absolute Gasteiger partial charge is 0.138 e. The minimum atomic E-state index is 0.662. The van der Waals surface area contributed by atoms with Crippen LogP contribution in [-0.2, 0) is 0 Å². The SMILES string of the molecule is CN1CCN(c2nccc3[nH]c(-c4n[nH]c5ccc(-c6cncc(OCCN7CCCC7)c6)nc45)cc23)CC1. The number of likely N-dealkylation sites (tertiary alicyclic amines) is 1. The van der Waals surface area contributed by atoms with E-state index in [4.69, 9.17) is 14.7 Å². The van der Waals surface area contributed by atoms with Gasteiger partial charge in [-0.15, -0.1) is 0 Å². The maximum absolute atomic E-state index is 6.03. The number of nitrogens with one attached hydrogen (secondary N) is 2. The van der Waals surface area contributed by atoms with Gasteiger partial charge in [0.2, 0.25) is 0 Å². The summed E-state index contributed by atoms with van der Waals surface area (Å²) in [5.74, 6) is 1.78. The van der Waals surface area contributed by atoms with E-state index in [0.29, 0.717) is 6.61 Å². The molecule has 2 aliphatic heterocycles. The minimum absolute atomic E-state index is 0.662. The number of pyridine rings is 3. The van der Waals surface area contributed by atoms with Crippen LogP contribution in [0.25, 0.3) is 44.6 Å². The van der Waals surface area contributed by atoms with Gasteiger partial charge < -0.3 is 19.5 Å². The molecule has 2 N–H and O–H groups in total. The molecule has 5 aromatic rings. The van der Waals surface area contributed by atoms with Crippen molar-refractivity contribution in [2.75, 3.05) is 64.4 Å². The lowest BCUT2D eigenvalue weighted by Gasteiger charge is -2.33. The Morgan fingerprint density at radius 2 is 1.82 bits per heavy atom. The van der Waals surface area contributed by atoms with Crippen LogP contribution in [0.2, 0.25) is 0 Å². The van der Waals surface area contributed by atoms with E-state index in [1.165, 1.54) is 25.9 Å². The quantitative estimate of drug-likeness (QED) is 0.332. The van der Waals surface area contributed by atoms with Crippen molar-refractivity contribution in [2.45, 2.75) is 12.8 Å². The Morgan fingerprint density at radius 3 is 2.69 bits per heavy atom. The van der Waals surface area contributed by atoms with Crippen LogP contribution in [0.15, 0.2) is 48.9 Å². The van der Waals surface area contributed by atoms with Gasteiger partial charge in [-0.25, -0.2) is 9.97 Å². The molecular weight excluding hydrogens is 490 g/mol. The minimum Gasteiger partial charge on any atom is -0.491 e. The number of aromatic amines is 2. The fraction of sp³-hybridized carbons (Fsp3) is 0.379. The van der Waals surface area contributed by atoms with E-state index < -0.39 is 0 Å². The summed E-state index contributed by atoms with van der Waals surface area (Å²) in [5, 5.41) is 8.89. The Balaban J connectivity index is 1.17. The molecule has 7 rings (SSSR count). The molecule has 0 atom stereocenters. The molecule has 0 bridgehead atoms. The standard InChI is InChI=1S/C29H33N9O/c1-36-10-12-38(13-11-36)29-22-17-26(32-24(22)6-7-31-29)28-27-25(34-35-28)5-4-23(33-27)20-16-21(19-30-18-20)39-15-14-37-8-2-3-9-37/h4-7,16-19,32H,2-3,8-15H2,1H3,(H,34,35). The van der Waals surface area contributed by atoms with Crippen molar-refractivity contribution in [3.05, 3.63) is 48.9 Å². The lowest BCUT2D eigenvalue weighted by molar-refractivity contribution is 0.237. The average Bonchev–Trinajstić information content (AvgIpc) is 3.73. The molecule has 0 aliphatic carbocycles. The average molecular weight is 524 g/mol. The number of rotatable bonds is 7. The Hall–Kier alpha value is -4.02. The van der Waals surface area contributed by atoms with Crippen LogP contribution in [-0.4, -0.2) is 99.4 Å². The predicted molar refractivity (Wildman–Crippen MR) is 153 cm³/mol. The number of H-pyrrole nitrogens is 2. The lowest BCUT2D eigenvalue weighted by atomic mass is 10.1. The Morgan fingerprint density at radius 1 is 0.949 bits per heavy atom. The summed E-state index contributed by atoms with van der Waals surface area (Å²) in [5.41, 5.74) is 6.20. The number of anilines is 1. The van der Waals surface area contributed by atoms with Gasteiger partial charge in [0.1, 0.15) is 29.4 Å². The van der Waals surface area contributed by atoms with Crippen molar-refractivity contribution in [3.8, 4) is 28.4 Å². The van der Waals surface area contributed by atoms with Gasteiger partial charge in [-0.3, -0.25) is 15.0 Å². The van der Waals surface area contributed by atoms with Gasteiger partial charge in [-0.1, -0.05) is 0 Å². The third-order valence-corrected chi connectivity index (χ3v) is 7.88. The third-order valence-electron chi connectivity index (χ3n) is 7.88. The van der Waals surface area contributed by atoms with Crippen LogP contribution < -0.4 is 9.64 Å². The highest BCUT2D eigenvalue weighted by atomic mass is 16.5. The number of likely N-dealkylation sites (N-methyl/N-ethyl adjacent to an activating group) is 1. The molecule has 0 unspecified atom stereocenters.